The minimum Gasteiger partial charge on any atom is -0.382 e. The van der Waals surface area contributed by atoms with Crippen LogP contribution in [0.1, 0.15) is 43.9 Å². The van der Waals surface area contributed by atoms with E-state index < -0.39 is 0 Å². The number of aliphatic imine (C=N–C) groups is 1. The van der Waals surface area contributed by atoms with E-state index in [1.807, 2.05) is 6.92 Å². The molecule has 0 aliphatic heterocycles. The molecule has 8 heteroatoms. The van der Waals surface area contributed by atoms with Gasteiger partial charge in [0.25, 0.3) is 0 Å². The molecule has 0 saturated heterocycles. The van der Waals surface area contributed by atoms with E-state index in [0.717, 1.165) is 57.5 Å². The van der Waals surface area contributed by atoms with Crippen molar-refractivity contribution in [1.29, 1.82) is 0 Å². The van der Waals surface area contributed by atoms with Gasteiger partial charge >= 0.3 is 0 Å². The molecule has 0 radical (unpaired) electrons. The van der Waals surface area contributed by atoms with Crippen molar-refractivity contribution in [1.82, 2.24) is 25.4 Å². The standard InChI is InChI=1S/C18H30N6OS/c1-4-17-23-21-14-24(17)11-10-20-18(19-9-7-12-25-5-2)22-15(3)16-8-6-13-26-16/h6,8,13-15H,4-5,7,9-12H2,1-3H3,(H2,19,20,22). The minimum absolute atomic E-state index is 0.217. The number of aryl methyl sites for hydroxylation is 1. The maximum atomic E-state index is 5.39. The van der Waals surface area contributed by atoms with E-state index >= 15 is 0 Å². The molecule has 0 saturated carbocycles. The van der Waals surface area contributed by atoms with Crippen LogP contribution >= 0.6 is 11.3 Å². The smallest absolute Gasteiger partial charge is 0.191 e. The summed E-state index contributed by atoms with van der Waals surface area (Å²) < 4.78 is 7.46. The number of hydrogen-bond acceptors (Lipinski definition) is 5. The Kier molecular flexibility index (Phi) is 9.13. The number of hydrogen-bond donors (Lipinski definition) is 2. The van der Waals surface area contributed by atoms with Gasteiger partial charge in [-0.25, -0.2) is 0 Å². The lowest BCUT2D eigenvalue weighted by Crippen LogP contribution is -2.40. The first-order valence-corrected chi connectivity index (χ1v) is 10.1. The van der Waals surface area contributed by atoms with Crippen molar-refractivity contribution in [3.05, 3.63) is 34.5 Å². The molecule has 0 aromatic carbocycles. The van der Waals surface area contributed by atoms with Crippen LogP contribution in [0.4, 0.5) is 0 Å². The highest BCUT2D eigenvalue weighted by molar-refractivity contribution is 7.10. The molecule has 0 amide bonds. The van der Waals surface area contributed by atoms with Crippen molar-refractivity contribution in [2.45, 2.75) is 46.2 Å². The number of aromatic nitrogens is 3. The van der Waals surface area contributed by atoms with E-state index in [4.69, 9.17) is 4.74 Å². The summed E-state index contributed by atoms with van der Waals surface area (Å²) in [5, 5.41) is 17.1. The summed E-state index contributed by atoms with van der Waals surface area (Å²) >= 11 is 1.75. The number of thiophene rings is 1. The lowest BCUT2D eigenvalue weighted by molar-refractivity contribution is 0.146. The van der Waals surface area contributed by atoms with Gasteiger partial charge in [0.1, 0.15) is 12.2 Å². The van der Waals surface area contributed by atoms with Gasteiger partial charge in [0.05, 0.1) is 6.04 Å². The molecule has 1 unspecified atom stereocenters. The second kappa shape index (κ2) is 11.6. The number of rotatable bonds is 11. The zero-order valence-corrected chi connectivity index (χ0v) is 16.8. The van der Waals surface area contributed by atoms with Crippen LogP contribution in [0.15, 0.2) is 28.8 Å². The third-order valence-electron chi connectivity index (χ3n) is 3.90. The summed E-state index contributed by atoms with van der Waals surface area (Å²) in [5.74, 6) is 1.83. The monoisotopic (exact) mass is 378 g/mol. The van der Waals surface area contributed by atoms with Gasteiger partial charge in [-0.05, 0) is 31.7 Å². The second-order valence-corrected chi connectivity index (χ2v) is 6.86. The molecule has 1 atom stereocenters. The quantitative estimate of drug-likeness (QED) is 0.357. The van der Waals surface area contributed by atoms with E-state index in [1.165, 1.54) is 4.88 Å². The first kappa shape index (κ1) is 20.4. The Balaban J connectivity index is 1.87. The summed E-state index contributed by atoms with van der Waals surface area (Å²) in [6, 6.07) is 4.43. The van der Waals surface area contributed by atoms with Crippen LogP contribution in [-0.4, -0.2) is 47.0 Å². The number of ether oxygens (including phenoxy) is 1. The zero-order chi connectivity index (χ0) is 18.6. The lowest BCUT2D eigenvalue weighted by Gasteiger charge is -2.18. The molecular weight excluding hydrogens is 348 g/mol. The fourth-order valence-electron chi connectivity index (χ4n) is 2.50. The molecule has 0 fully saturated rings. The van der Waals surface area contributed by atoms with E-state index in [9.17, 15) is 0 Å². The average Bonchev–Trinajstić information content (AvgIpc) is 3.32. The van der Waals surface area contributed by atoms with Crippen LogP contribution in [0.2, 0.25) is 0 Å². The molecular formula is C18H30N6OS. The summed E-state index contributed by atoms with van der Waals surface area (Å²) in [7, 11) is 0. The Morgan fingerprint density at radius 2 is 2.31 bits per heavy atom. The minimum atomic E-state index is 0.217. The fourth-order valence-corrected chi connectivity index (χ4v) is 3.24. The molecule has 0 spiro atoms. The maximum Gasteiger partial charge on any atom is 0.191 e. The molecule has 0 aliphatic carbocycles. The van der Waals surface area contributed by atoms with E-state index in [-0.39, 0.29) is 6.04 Å². The molecule has 0 aliphatic rings. The molecule has 144 valence electrons. The van der Waals surface area contributed by atoms with Crippen LogP contribution in [-0.2, 0) is 17.7 Å². The van der Waals surface area contributed by atoms with Crippen LogP contribution in [0, 0.1) is 0 Å². The number of nitrogens with one attached hydrogen (secondary N) is 2. The Morgan fingerprint density at radius 1 is 1.42 bits per heavy atom. The molecule has 2 aromatic rings. The molecule has 0 bridgehead atoms. The van der Waals surface area contributed by atoms with Crippen LogP contribution in [0.5, 0.6) is 0 Å². The van der Waals surface area contributed by atoms with Gasteiger partial charge < -0.3 is 19.9 Å². The normalized spacial score (nSPS) is 13.0. The highest BCUT2D eigenvalue weighted by Gasteiger charge is 2.09. The molecule has 2 rings (SSSR count). The molecule has 2 N–H and O–H groups in total. The second-order valence-electron chi connectivity index (χ2n) is 5.88. The van der Waals surface area contributed by atoms with Gasteiger partial charge in [-0.2, -0.15) is 0 Å². The van der Waals surface area contributed by atoms with Crippen LogP contribution in [0.3, 0.4) is 0 Å². The van der Waals surface area contributed by atoms with Crippen LogP contribution < -0.4 is 10.6 Å². The summed E-state index contributed by atoms with van der Waals surface area (Å²) in [6.07, 6.45) is 3.58. The predicted octanol–water partition coefficient (Wildman–Crippen LogP) is 2.63. The average molecular weight is 379 g/mol. The van der Waals surface area contributed by atoms with Crippen molar-refractivity contribution in [2.75, 3.05) is 26.3 Å². The largest absolute Gasteiger partial charge is 0.382 e. The van der Waals surface area contributed by atoms with Gasteiger partial charge in [0, 0.05) is 44.1 Å². The van der Waals surface area contributed by atoms with Crippen molar-refractivity contribution in [3.63, 3.8) is 0 Å². The van der Waals surface area contributed by atoms with Gasteiger partial charge in [-0.15, -0.1) is 21.5 Å². The molecule has 2 heterocycles. The predicted molar refractivity (Wildman–Crippen MR) is 107 cm³/mol. The first-order chi connectivity index (χ1) is 12.7. The molecule has 26 heavy (non-hydrogen) atoms. The Bertz CT molecular complexity index is 640. The molecule has 7 nitrogen and oxygen atoms in total. The molecule has 2 aromatic heterocycles. The summed E-state index contributed by atoms with van der Waals surface area (Å²) in [5.41, 5.74) is 0. The Morgan fingerprint density at radius 3 is 3.04 bits per heavy atom. The van der Waals surface area contributed by atoms with Gasteiger partial charge in [-0.3, -0.25) is 4.99 Å². The fraction of sp³-hybridized carbons (Fsp3) is 0.611. The van der Waals surface area contributed by atoms with E-state index in [1.54, 1.807) is 17.7 Å². The van der Waals surface area contributed by atoms with Gasteiger partial charge in [0.15, 0.2) is 5.96 Å². The van der Waals surface area contributed by atoms with E-state index in [2.05, 4.69) is 61.8 Å². The van der Waals surface area contributed by atoms with Gasteiger partial charge in [0.2, 0.25) is 0 Å². The highest BCUT2D eigenvalue weighted by atomic mass is 32.1. The third kappa shape index (κ3) is 6.76. The zero-order valence-electron chi connectivity index (χ0n) is 15.9. The number of guanidine groups is 1. The Labute approximate surface area is 159 Å². The summed E-state index contributed by atoms with van der Waals surface area (Å²) in [4.78, 5) is 5.98. The number of nitrogens with zero attached hydrogens (tertiary/aromatic N) is 4. The van der Waals surface area contributed by atoms with Crippen LogP contribution in [0.25, 0.3) is 0 Å². The van der Waals surface area contributed by atoms with Crippen molar-refractivity contribution >= 4 is 17.3 Å². The van der Waals surface area contributed by atoms with E-state index in [0.29, 0.717) is 0 Å². The van der Waals surface area contributed by atoms with Gasteiger partial charge in [-0.1, -0.05) is 13.0 Å². The Hall–Kier alpha value is -1.93. The van der Waals surface area contributed by atoms with Crippen molar-refractivity contribution in [3.8, 4) is 0 Å². The maximum absolute atomic E-state index is 5.39. The first-order valence-electron chi connectivity index (χ1n) is 9.27. The lowest BCUT2D eigenvalue weighted by atomic mass is 10.3. The summed E-state index contributed by atoms with van der Waals surface area (Å²) in [6.45, 7) is 10.1. The SMILES string of the molecule is CCOCCCN=C(NCCn1cnnc1CC)NC(C)c1cccs1. The van der Waals surface area contributed by atoms with Crippen molar-refractivity contribution in [2.24, 2.45) is 4.99 Å². The third-order valence-corrected chi connectivity index (χ3v) is 4.96. The topological polar surface area (TPSA) is 76.4 Å². The van der Waals surface area contributed by atoms with Crippen molar-refractivity contribution < 1.29 is 4.74 Å². The highest BCUT2D eigenvalue weighted by Crippen LogP contribution is 2.17.